The Morgan fingerprint density at radius 3 is 2.91 bits per heavy atom. The summed E-state index contributed by atoms with van der Waals surface area (Å²) < 4.78 is 42.5. The maximum Gasteiger partial charge on any atom is 0.167 e. The van der Waals surface area contributed by atoms with E-state index >= 15 is 0 Å². The number of furan rings is 1. The molecule has 3 N–H and O–H groups in total. The Kier molecular flexibility index (Phi) is 6.51. The predicted molar refractivity (Wildman–Crippen MR) is 135 cm³/mol. The first-order valence-corrected chi connectivity index (χ1v) is 12.7. The predicted octanol–water partition coefficient (Wildman–Crippen LogP) is 3.64. The van der Waals surface area contributed by atoms with Crippen LogP contribution in [0, 0.1) is 12.3 Å². The van der Waals surface area contributed by atoms with Gasteiger partial charge in [0, 0.05) is 35.7 Å². The number of benzene rings is 2. The highest BCUT2D eigenvalue weighted by Gasteiger charge is 2.22. The van der Waals surface area contributed by atoms with Gasteiger partial charge in [-0.1, -0.05) is 12.0 Å². The van der Waals surface area contributed by atoms with Gasteiger partial charge in [-0.05, 0) is 36.4 Å². The molecule has 0 spiro atoms. The standard InChI is InChI=1S/C25H26N4O4S/c1-4-17-6-5-7-18(12-17)29-25-20-13-21(24(32-2)14-22(20)27-16-28-25)23-9-8-19(33-23)15-26-10-11-34(3,30)31/h1,5-9,12-14,16,25-26,29H,10-11,15H2,2-3H3,(H,27,28)/i/hD. The molecule has 1 unspecified atom stereocenters. The third kappa shape index (κ3) is 5.60. The minimum Gasteiger partial charge on any atom is -0.496 e. The lowest BCUT2D eigenvalue weighted by Crippen LogP contribution is -2.21. The number of methoxy groups -OCH3 is 1. The van der Waals surface area contributed by atoms with E-state index in [0.29, 0.717) is 41.6 Å². The maximum atomic E-state index is 11.3. The van der Waals surface area contributed by atoms with Crippen molar-refractivity contribution in [1.82, 2.24) is 5.32 Å². The number of terminal acetylenes is 1. The zero-order chi connectivity index (χ0) is 25.0. The molecule has 8 nitrogen and oxygen atoms in total. The lowest BCUT2D eigenvalue weighted by Gasteiger charge is -2.24. The summed E-state index contributed by atoms with van der Waals surface area (Å²) in [5.41, 5.74) is 3.67. The Hall–Kier alpha value is -3.74. The second-order valence-corrected chi connectivity index (χ2v) is 10.1. The first-order valence-electron chi connectivity index (χ1n) is 11.1. The second-order valence-electron chi connectivity index (χ2n) is 7.85. The first kappa shape index (κ1) is 22.1. The van der Waals surface area contributed by atoms with Gasteiger partial charge in [-0.25, -0.2) is 13.4 Å². The van der Waals surface area contributed by atoms with Crippen LogP contribution in [0.1, 0.15) is 23.1 Å². The summed E-state index contributed by atoms with van der Waals surface area (Å²) >= 11 is 0. The number of anilines is 2. The first-order chi connectivity index (χ1) is 16.8. The Morgan fingerprint density at radius 1 is 1.29 bits per heavy atom. The van der Waals surface area contributed by atoms with Crippen molar-refractivity contribution < 1.29 is 19.0 Å². The number of sulfone groups is 1. The molecule has 34 heavy (non-hydrogen) atoms. The summed E-state index contributed by atoms with van der Waals surface area (Å²) in [5, 5.41) is 7.63. The molecule has 0 saturated carbocycles. The number of ether oxygens (including phenoxy) is 1. The van der Waals surface area contributed by atoms with Crippen LogP contribution in [0.15, 0.2) is 57.9 Å². The number of fused-ring (bicyclic) bond motifs is 1. The lowest BCUT2D eigenvalue weighted by molar-refractivity contribution is 0.413. The van der Waals surface area contributed by atoms with Crippen LogP contribution < -0.4 is 20.7 Å². The highest BCUT2D eigenvalue weighted by molar-refractivity contribution is 7.90. The Bertz CT molecular complexity index is 1390. The number of rotatable bonds is 9. The molecule has 1 aliphatic heterocycles. The molecule has 0 aliphatic carbocycles. The van der Waals surface area contributed by atoms with Gasteiger partial charge in [0.1, 0.15) is 33.3 Å². The van der Waals surface area contributed by atoms with Crippen molar-refractivity contribution in [3.8, 4) is 29.4 Å². The van der Waals surface area contributed by atoms with Crippen molar-refractivity contribution in [3.63, 3.8) is 0 Å². The molecule has 2 heterocycles. The van der Waals surface area contributed by atoms with Crippen LogP contribution in [0.25, 0.3) is 11.3 Å². The van der Waals surface area contributed by atoms with Crippen LogP contribution in [0.5, 0.6) is 5.75 Å². The minimum absolute atomic E-state index is 0.0575. The lowest BCUT2D eigenvalue weighted by atomic mass is 10.0. The van der Waals surface area contributed by atoms with E-state index < -0.39 is 16.0 Å². The molecule has 2 aromatic carbocycles. The normalized spacial score (nSPS) is 15.4. The summed E-state index contributed by atoms with van der Waals surface area (Å²) in [7, 11) is -1.46. The van der Waals surface area contributed by atoms with Crippen LogP contribution in [-0.4, -0.2) is 40.4 Å². The van der Waals surface area contributed by atoms with Crippen molar-refractivity contribution >= 4 is 27.6 Å². The van der Waals surface area contributed by atoms with Gasteiger partial charge in [0.2, 0.25) is 0 Å². The van der Waals surface area contributed by atoms with Crippen LogP contribution in [0.2, 0.25) is 1.41 Å². The number of aliphatic imine (C=N–C) groups is 1. The zero-order valence-electron chi connectivity index (χ0n) is 19.9. The maximum absolute atomic E-state index is 11.3. The van der Waals surface area contributed by atoms with Crippen molar-refractivity contribution in [1.29, 1.82) is 0 Å². The highest BCUT2D eigenvalue weighted by Crippen LogP contribution is 2.40. The molecule has 1 aromatic heterocycles. The van der Waals surface area contributed by atoms with E-state index in [9.17, 15) is 8.42 Å². The molecular weight excluding hydrogens is 452 g/mol. The molecule has 1 aliphatic rings. The largest absolute Gasteiger partial charge is 0.496 e. The highest BCUT2D eigenvalue weighted by atomic mass is 32.2. The SMILES string of the molecule is [2H]N1C=NC(Nc2cccc(C#C)c2)c2cc(-c3ccc(CNCCS(C)(=O)=O)o3)c(OC)cc21. The Labute approximate surface area is 200 Å². The number of hydrogen-bond acceptors (Lipinski definition) is 8. The van der Waals surface area contributed by atoms with Gasteiger partial charge in [0.25, 0.3) is 0 Å². The van der Waals surface area contributed by atoms with E-state index in [4.69, 9.17) is 17.0 Å². The quantitative estimate of drug-likeness (QED) is 0.318. The van der Waals surface area contributed by atoms with Crippen LogP contribution >= 0.6 is 0 Å². The summed E-state index contributed by atoms with van der Waals surface area (Å²) in [6, 6.07) is 14.8. The molecule has 176 valence electrons. The van der Waals surface area contributed by atoms with Crippen molar-refractivity contribution in [2.75, 3.05) is 36.3 Å². The fraction of sp³-hybridized carbons (Fsp3) is 0.240. The van der Waals surface area contributed by atoms with Gasteiger partial charge in [0.15, 0.2) is 1.41 Å². The Balaban J connectivity index is 1.61. The average molecular weight is 480 g/mol. The molecule has 0 amide bonds. The van der Waals surface area contributed by atoms with Crippen LogP contribution in [-0.2, 0) is 16.4 Å². The van der Waals surface area contributed by atoms with Crippen molar-refractivity contribution in [3.05, 3.63) is 65.4 Å². The molecule has 1 atom stereocenters. The van der Waals surface area contributed by atoms with Gasteiger partial charge in [0.05, 0.1) is 37.0 Å². The molecule has 0 saturated heterocycles. The van der Waals surface area contributed by atoms with E-state index in [1.165, 1.54) is 17.9 Å². The zero-order valence-corrected chi connectivity index (χ0v) is 19.7. The molecule has 4 rings (SSSR count). The van der Waals surface area contributed by atoms with Gasteiger partial charge in [-0.3, -0.25) is 0 Å². The van der Waals surface area contributed by atoms with Gasteiger partial charge < -0.3 is 25.1 Å². The van der Waals surface area contributed by atoms with Gasteiger partial charge in [-0.15, -0.1) is 6.42 Å². The number of nitrogens with zero attached hydrogens (tertiary/aromatic N) is 1. The molecule has 3 aromatic rings. The third-order valence-corrected chi connectivity index (χ3v) is 6.21. The van der Waals surface area contributed by atoms with Crippen molar-refractivity contribution in [2.45, 2.75) is 12.7 Å². The van der Waals surface area contributed by atoms with E-state index in [2.05, 4.69) is 21.5 Å². The van der Waals surface area contributed by atoms with E-state index in [0.717, 1.165) is 16.8 Å². The van der Waals surface area contributed by atoms with E-state index in [1.807, 2.05) is 42.5 Å². The number of nitrogens with one attached hydrogen (secondary N) is 3. The monoisotopic (exact) mass is 479 g/mol. The summed E-state index contributed by atoms with van der Waals surface area (Å²) in [5.74, 6) is 4.48. The minimum atomic E-state index is -3.03. The van der Waals surface area contributed by atoms with Crippen LogP contribution in [0.4, 0.5) is 11.4 Å². The van der Waals surface area contributed by atoms with Crippen LogP contribution in [0.3, 0.4) is 0 Å². The fourth-order valence-electron chi connectivity index (χ4n) is 3.58. The molecule has 9 heteroatoms. The topological polar surface area (TPSA) is 105 Å². The van der Waals surface area contributed by atoms with E-state index in [1.54, 1.807) is 13.2 Å². The second kappa shape index (κ2) is 10.0. The molecule has 0 bridgehead atoms. The fourth-order valence-corrected chi connectivity index (χ4v) is 4.09. The van der Waals surface area contributed by atoms with Gasteiger partial charge in [-0.2, -0.15) is 0 Å². The number of hydrogen-bond donors (Lipinski definition) is 3. The Morgan fingerprint density at radius 2 is 2.15 bits per heavy atom. The van der Waals surface area contributed by atoms with Gasteiger partial charge >= 0.3 is 0 Å². The molecule has 0 fully saturated rings. The summed E-state index contributed by atoms with van der Waals surface area (Å²) in [6.45, 7) is 0.728. The summed E-state index contributed by atoms with van der Waals surface area (Å²) in [6.07, 6.45) is 7.73. The molecular formula is C25H26N4O4S. The summed E-state index contributed by atoms with van der Waals surface area (Å²) in [4.78, 5) is 4.49. The van der Waals surface area contributed by atoms with Crippen molar-refractivity contribution in [2.24, 2.45) is 4.99 Å². The average Bonchev–Trinajstić information content (AvgIpc) is 3.31. The van der Waals surface area contributed by atoms with E-state index in [-0.39, 0.29) is 5.75 Å². The smallest absolute Gasteiger partial charge is 0.167 e. The third-order valence-electron chi connectivity index (χ3n) is 5.26. The molecule has 0 radical (unpaired) electrons.